The summed E-state index contributed by atoms with van der Waals surface area (Å²) in [5.41, 5.74) is 0. The molecule has 0 atom stereocenters. The van der Waals surface area contributed by atoms with Crippen LogP contribution in [0.15, 0.2) is 0 Å². The van der Waals surface area contributed by atoms with Gasteiger partial charge in [-0.1, -0.05) is 0 Å². The van der Waals surface area contributed by atoms with Gasteiger partial charge in [-0.15, -0.1) is 0 Å². The number of halogens is 2. The summed E-state index contributed by atoms with van der Waals surface area (Å²) in [6.45, 7) is 1.85. The summed E-state index contributed by atoms with van der Waals surface area (Å²) >= 11 is 0. The number of ether oxygens (including phenoxy) is 1. The molecule has 0 aromatic carbocycles. The SMILES string of the molecule is CC(F)(F)OC1CNC1. The fourth-order valence-corrected chi connectivity index (χ4v) is 0.638. The van der Waals surface area contributed by atoms with Crippen LogP contribution in [-0.4, -0.2) is 25.3 Å². The van der Waals surface area contributed by atoms with Crippen LogP contribution in [0.3, 0.4) is 0 Å². The number of nitrogens with one attached hydrogen (secondary N) is 1. The van der Waals surface area contributed by atoms with Crippen LogP contribution < -0.4 is 5.32 Å². The van der Waals surface area contributed by atoms with Crippen LogP contribution >= 0.6 is 0 Å². The Labute approximate surface area is 52.2 Å². The van der Waals surface area contributed by atoms with E-state index in [4.69, 9.17) is 0 Å². The van der Waals surface area contributed by atoms with Gasteiger partial charge in [-0.05, 0) is 0 Å². The quantitative estimate of drug-likeness (QED) is 0.601. The molecular weight excluding hydrogens is 128 g/mol. The first-order valence-electron chi connectivity index (χ1n) is 2.84. The summed E-state index contributed by atoms with van der Waals surface area (Å²) in [6.07, 6.45) is -3.25. The second-order valence-corrected chi connectivity index (χ2v) is 2.21. The highest BCUT2D eigenvalue weighted by Gasteiger charge is 2.30. The van der Waals surface area contributed by atoms with Crippen LogP contribution in [0.1, 0.15) is 6.92 Å². The van der Waals surface area contributed by atoms with Gasteiger partial charge in [-0.3, -0.25) is 0 Å². The van der Waals surface area contributed by atoms with Crippen molar-refractivity contribution in [3.63, 3.8) is 0 Å². The van der Waals surface area contributed by atoms with Crippen molar-refractivity contribution in [2.75, 3.05) is 13.1 Å². The highest BCUT2D eigenvalue weighted by atomic mass is 19.3. The Morgan fingerprint density at radius 1 is 1.56 bits per heavy atom. The van der Waals surface area contributed by atoms with Gasteiger partial charge in [0.05, 0.1) is 6.10 Å². The van der Waals surface area contributed by atoms with Crippen molar-refractivity contribution in [2.24, 2.45) is 0 Å². The molecule has 0 aromatic rings. The summed E-state index contributed by atoms with van der Waals surface area (Å²) in [5.74, 6) is 0. The molecule has 54 valence electrons. The van der Waals surface area contributed by atoms with E-state index in [1.165, 1.54) is 0 Å². The zero-order chi connectivity index (χ0) is 6.91. The van der Waals surface area contributed by atoms with E-state index in [0.717, 1.165) is 6.92 Å². The van der Waals surface area contributed by atoms with Crippen molar-refractivity contribution >= 4 is 0 Å². The maximum Gasteiger partial charge on any atom is 0.353 e. The van der Waals surface area contributed by atoms with Crippen LogP contribution in [0.2, 0.25) is 0 Å². The third-order valence-electron chi connectivity index (χ3n) is 1.12. The van der Waals surface area contributed by atoms with E-state index in [9.17, 15) is 8.78 Å². The Bertz CT molecular complexity index is 97.6. The minimum Gasteiger partial charge on any atom is -0.315 e. The summed E-state index contributed by atoms with van der Waals surface area (Å²) in [4.78, 5) is 0. The Balaban J connectivity index is 2.16. The van der Waals surface area contributed by atoms with Crippen molar-refractivity contribution in [1.82, 2.24) is 5.32 Å². The normalized spacial score (nSPS) is 21.7. The summed E-state index contributed by atoms with van der Waals surface area (Å²) in [7, 11) is 0. The Morgan fingerprint density at radius 2 is 2.11 bits per heavy atom. The molecule has 0 aliphatic carbocycles. The first-order chi connectivity index (χ1) is 4.08. The van der Waals surface area contributed by atoms with Crippen molar-refractivity contribution < 1.29 is 13.5 Å². The van der Waals surface area contributed by atoms with Gasteiger partial charge in [0.15, 0.2) is 0 Å². The number of rotatable bonds is 2. The zero-order valence-corrected chi connectivity index (χ0v) is 5.16. The van der Waals surface area contributed by atoms with Crippen molar-refractivity contribution in [1.29, 1.82) is 0 Å². The lowest BCUT2D eigenvalue weighted by Gasteiger charge is -2.29. The molecule has 9 heavy (non-hydrogen) atoms. The molecule has 1 heterocycles. The van der Waals surface area contributed by atoms with E-state index in [2.05, 4.69) is 10.1 Å². The highest BCUT2D eigenvalue weighted by molar-refractivity contribution is 4.75. The Hall–Kier alpha value is -0.220. The standard InChI is InChI=1S/C5H9F2NO/c1-5(6,7)9-4-2-8-3-4/h4,8H,2-3H2,1H3. The highest BCUT2D eigenvalue weighted by Crippen LogP contribution is 2.17. The molecule has 1 fully saturated rings. The van der Waals surface area contributed by atoms with E-state index in [1.54, 1.807) is 0 Å². The second kappa shape index (κ2) is 2.19. The molecule has 4 heteroatoms. The fraction of sp³-hybridized carbons (Fsp3) is 1.00. The zero-order valence-electron chi connectivity index (χ0n) is 5.16. The Kier molecular flexibility index (Phi) is 1.68. The second-order valence-electron chi connectivity index (χ2n) is 2.21. The van der Waals surface area contributed by atoms with Gasteiger partial charge in [0, 0.05) is 20.0 Å². The van der Waals surface area contributed by atoms with Gasteiger partial charge in [0.2, 0.25) is 0 Å². The smallest absolute Gasteiger partial charge is 0.315 e. The average molecular weight is 137 g/mol. The van der Waals surface area contributed by atoms with Crippen molar-refractivity contribution in [2.45, 2.75) is 19.1 Å². The molecule has 1 aliphatic rings. The molecule has 0 saturated carbocycles. The third-order valence-corrected chi connectivity index (χ3v) is 1.12. The molecule has 1 N–H and O–H groups in total. The van der Waals surface area contributed by atoms with Gasteiger partial charge in [-0.25, -0.2) is 0 Å². The van der Waals surface area contributed by atoms with Gasteiger partial charge in [0.25, 0.3) is 0 Å². The minimum atomic E-state index is -2.97. The van der Waals surface area contributed by atoms with Gasteiger partial charge in [0.1, 0.15) is 0 Å². The monoisotopic (exact) mass is 137 g/mol. The maximum absolute atomic E-state index is 11.9. The molecule has 1 saturated heterocycles. The maximum atomic E-state index is 11.9. The van der Waals surface area contributed by atoms with E-state index in [0.29, 0.717) is 13.1 Å². The van der Waals surface area contributed by atoms with E-state index in [-0.39, 0.29) is 6.10 Å². The molecule has 0 aromatic heterocycles. The largest absolute Gasteiger partial charge is 0.353 e. The summed E-state index contributed by atoms with van der Waals surface area (Å²) in [6, 6.07) is 0. The molecule has 1 aliphatic heterocycles. The average Bonchev–Trinajstić information content (AvgIpc) is 1.53. The summed E-state index contributed by atoms with van der Waals surface area (Å²) < 4.78 is 28.2. The van der Waals surface area contributed by atoms with Gasteiger partial charge in [-0.2, -0.15) is 8.78 Å². The molecule has 0 bridgehead atoms. The van der Waals surface area contributed by atoms with E-state index in [1.807, 2.05) is 0 Å². The third kappa shape index (κ3) is 2.24. The number of hydrogen-bond acceptors (Lipinski definition) is 2. The van der Waals surface area contributed by atoms with Gasteiger partial charge < -0.3 is 10.1 Å². The molecule has 0 unspecified atom stereocenters. The number of hydrogen-bond donors (Lipinski definition) is 1. The molecule has 0 spiro atoms. The fourth-order valence-electron chi connectivity index (χ4n) is 0.638. The van der Waals surface area contributed by atoms with Crippen LogP contribution in [0.5, 0.6) is 0 Å². The minimum absolute atomic E-state index is 0.287. The number of alkyl halides is 2. The van der Waals surface area contributed by atoms with Crippen LogP contribution in [0.4, 0.5) is 8.78 Å². The first-order valence-corrected chi connectivity index (χ1v) is 2.84. The van der Waals surface area contributed by atoms with E-state index >= 15 is 0 Å². The van der Waals surface area contributed by atoms with Gasteiger partial charge >= 0.3 is 6.11 Å². The molecule has 2 nitrogen and oxygen atoms in total. The van der Waals surface area contributed by atoms with Crippen LogP contribution in [-0.2, 0) is 4.74 Å². The molecular formula is C5H9F2NO. The molecule has 1 rings (SSSR count). The first kappa shape index (κ1) is 6.89. The van der Waals surface area contributed by atoms with E-state index < -0.39 is 6.11 Å². The van der Waals surface area contributed by atoms with Crippen LogP contribution in [0, 0.1) is 0 Å². The Morgan fingerprint density at radius 3 is 2.22 bits per heavy atom. The molecule has 0 amide bonds. The molecule has 0 radical (unpaired) electrons. The van der Waals surface area contributed by atoms with Crippen molar-refractivity contribution in [3.05, 3.63) is 0 Å². The van der Waals surface area contributed by atoms with Crippen LogP contribution in [0.25, 0.3) is 0 Å². The lowest BCUT2D eigenvalue weighted by Crippen LogP contribution is -2.50. The topological polar surface area (TPSA) is 21.3 Å². The predicted octanol–water partition coefficient (Wildman–Crippen LogP) is 0.587. The van der Waals surface area contributed by atoms with Crippen molar-refractivity contribution in [3.8, 4) is 0 Å². The lowest BCUT2D eigenvalue weighted by atomic mass is 10.2. The summed E-state index contributed by atoms with van der Waals surface area (Å²) in [5, 5.41) is 2.83. The predicted molar refractivity (Wildman–Crippen MR) is 28.4 cm³/mol. The lowest BCUT2D eigenvalue weighted by molar-refractivity contribution is -0.256.